The summed E-state index contributed by atoms with van der Waals surface area (Å²) in [4.78, 5) is 12.4. The highest BCUT2D eigenvalue weighted by molar-refractivity contribution is 6.01. The van der Waals surface area contributed by atoms with E-state index in [1.54, 1.807) is 6.20 Å². The lowest BCUT2D eigenvalue weighted by Crippen LogP contribution is -2.20. The maximum atomic E-state index is 14.7. The molecule has 3 heterocycles. The first kappa shape index (κ1) is 29.0. The Morgan fingerprint density at radius 1 is 0.976 bits per heavy atom. The maximum absolute atomic E-state index is 14.7. The van der Waals surface area contributed by atoms with Gasteiger partial charge in [0.05, 0.1) is 16.9 Å². The first-order valence-electron chi connectivity index (χ1n) is 14.1. The summed E-state index contributed by atoms with van der Waals surface area (Å²) in [5, 5.41) is 13.1. The van der Waals surface area contributed by atoms with Gasteiger partial charge in [-0.3, -0.25) is 10.1 Å². The van der Waals surface area contributed by atoms with E-state index in [0.29, 0.717) is 17.8 Å². The van der Waals surface area contributed by atoms with Gasteiger partial charge in [0.25, 0.3) is 0 Å². The van der Waals surface area contributed by atoms with Gasteiger partial charge in [-0.15, -0.1) is 0 Å². The average molecular weight is 564 g/mol. The van der Waals surface area contributed by atoms with Crippen molar-refractivity contribution in [3.05, 3.63) is 96.5 Å². The Balaban J connectivity index is 1.53. The molecule has 5 aromatic rings. The van der Waals surface area contributed by atoms with Crippen molar-refractivity contribution in [1.29, 1.82) is 0 Å². The van der Waals surface area contributed by atoms with Crippen LogP contribution in [0.1, 0.15) is 12.5 Å². The predicted molar refractivity (Wildman–Crippen MR) is 174 cm³/mol. The fourth-order valence-corrected chi connectivity index (χ4v) is 5.13. The summed E-state index contributed by atoms with van der Waals surface area (Å²) >= 11 is 0. The third kappa shape index (κ3) is 6.35. The SMILES string of the molecule is C=C/C(=C\C(=C/C)c1ccc2[nH]nc(-c3cc4c(-c5cc(F)cc(NCCN(C)C)c5)nccc4[nH]3)c2c1)CN(C)C. The lowest BCUT2D eigenvalue weighted by atomic mass is 10.00. The molecule has 42 heavy (non-hydrogen) atoms. The van der Waals surface area contributed by atoms with Crippen LogP contribution >= 0.6 is 0 Å². The number of hydrogen-bond donors (Lipinski definition) is 3. The Morgan fingerprint density at radius 3 is 2.52 bits per heavy atom. The molecular weight excluding hydrogens is 525 g/mol. The third-order valence-corrected chi connectivity index (χ3v) is 7.17. The fraction of sp³-hybridized carbons (Fsp3) is 0.235. The number of nitrogens with zero attached hydrogens (tertiary/aromatic N) is 4. The van der Waals surface area contributed by atoms with Gasteiger partial charge >= 0.3 is 0 Å². The second-order valence-electron chi connectivity index (χ2n) is 11.0. The molecule has 0 saturated carbocycles. The molecule has 0 atom stereocenters. The first-order valence-corrected chi connectivity index (χ1v) is 14.1. The zero-order valence-electron chi connectivity index (χ0n) is 24.9. The lowest BCUT2D eigenvalue weighted by Gasteiger charge is -2.12. The number of rotatable bonds is 11. The molecule has 0 radical (unpaired) electrons. The summed E-state index contributed by atoms with van der Waals surface area (Å²) in [6.07, 6.45) is 7.95. The van der Waals surface area contributed by atoms with Crippen molar-refractivity contribution in [1.82, 2.24) is 30.0 Å². The van der Waals surface area contributed by atoms with E-state index >= 15 is 0 Å². The minimum absolute atomic E-state index is 0.306. The molecule has 0 amide bonds. The topological polar surface area (TPSA) is 75.9 Å². The fourth-order valence-electron chi connectivity index (χ4n) is 5.13. The van der Waals surface area contributed by atoms with Gasteiger partial charge in [-0.25, -0.2) is 4.39 Å². The molecule has 0 fully saturated rings. The molecule has 0 saturated heterocycles. The summed E-state index contributed by atoms with van der Waals surface area (Å²) < 4.78 is 14.7. The Bertz CT molecular complexity index is 1790. The van der Waals surface area contributed by atoms with E-state index in [1.165, 1.54) is 12.1 Å². The lowest BCUT2D eigenvalue weighted by molar-refractivity contribution is 0.425. The highest BCUT2D eigenvalue weighted by Gasteiger charge is 2.16. The van der Waals surface area contributed by atoms with E-state index in [-0.39, 0.29) is 5.82 Å². The summed E-state index contributed by atoms with van der Waals surface area (Å²) in [5.74, 6) is -0.306. The highest BCUT2D eigenvalue weighted by Crippen LogP contribution is 2.35. The predicted octanol–water partition coefficient (Wildman–Crippen LogP) is 6.96. The molecule has 3 aromatic heterocycles. The van der Waals surface area contributed by atoms with Crippen molar-refractivity contribution in [2.45, 2.75) is 6.92 Å². The molecule has 7 nitrogen and oxygen atoms in total. The van der Waals surface area contributed by atoms with Crippen molar-refractivity contribution in [2.24, 2.45) is 0 Å². The zero-order chi connectivity index (χ0) is 29.8. The smallest absolute Gasteiger partial charge is 0.125 e. The van der Waals surface area contributed by atoms with Gasteiger partial charge in [0, 0.05) is 53.4 Å². The number of H-pyrrole nitrogens is 2. The van der Waals surface area contributed by atoms with Gasteiger partial charge in [-0.1, -0.05) is 30.9 Å². The molecule has 0 spiro atoms. The summed E-state index contributed by atoms with van der Waals surface area (Å²) in [7, 11) is 8.12. The van der Waals surface area contributed by atoms with Gasteiger partial charge in [-0.05, 0) is 94.3 Å². The van der Waals surface area contributed by atoms with Crippen LogP contribution in [0.3, 0.4) is 0 Å². The molecular formula is C34H38FN7. The van der Waals surface area contributed by atoms with Crippen LogP contribution in [-0.4, -0.2) is 77.8 Å². The molecule has 3 N–H and O–H groups in total. The minimum atomic E-state index is -0.306. The zero-order valence-corrected chi connectivity index (χ0v) is 24.9. The van der Waals surface area contributed by atoms with Crippen LogP contribution < -0.4 is 5.32 Å². The number of benzene rings is 2. The third-order valence-electron chi connectivity index (χ3n) is 7.17. The van der Waals surface area contributed by atoms with Crippen LogP contribution in [0.2, 0.25) is 0 Å². The molecule has 0 aliphatic rings. The van der Waals surface area contributed by atoms with Gasteiger partial charge in [0.15, 0.2) is 0 Å². The van der Waals surface area contributed by atoms with Crippen molar-refractivity contribution >= 4 is 33.1 Å². The first-order chi connectivity index (χ1) is 20.2. The standard InChI is InChI=1S/C34H38FN7/c1-7-22(21-42(5)6)15-23(8-2)24-9-10-31-28(18-24)34(40-39-31)32-20-29-30(38-32)11-12-37-33(29)25-16-26(35)19-27(17-25)36-13-14-41(3)4/h7-12,15-20,36,38H,1,13-14,21H2,2-6H3,(H,39,40)/b22-15+,23-8+. The number of likely N-dealkylation sites (N-methyl/N-ethyl adjacent to an activating group) is 2. The van der Waals surface area contributed by atoms with Gasteiger partial charge in [0.2, 0.25) is 0 Å². The second-order valence-corrected chi connectivity index (χ2v) is 11.0. The number of aromatic amines is 2. The molecule has 0 bridgehead atoms. The molecule has 2 aromatic carbocycles. The largest absolute Gasteiger partial charge is 0.384 e. The van der Waals surface area contributed by atoms with E-state index in [9.17, 15) is 4.39 Å². The molecule has 0 aliphatic carbocycles. The van der Waals surface area contributed by atoms with Crippen molar-refractivity contribution in [3.63, 3.8) is 0 Å². The normalized spacial score (nSPS) is 12.7. The number of nitrogens with one attached hydrogen (secondary N) is 3. The molecule has 216 valence electrons. The quantitative estimate of drug-likeness (QED) is 0.151. The number of fused-ring (bicyclic) bond motifs is 2. The average Bonchev–Trinajstić information content (AvgIpc) is 3.58. The molecule has 0 unspecified atom stereocenters. The number of anilines is 1. The van der Waals surface area contributed by atoms with Crippen LogP contribution in [0.5, 0.6) is 0 Å². The number of aromatic nitrogens is 4. The van der Waals surface area contributed by atoms with Gasteiger partial charge in [0.1, 0.15) is 11.5 Å². The Hall–Kier alpha value is -4.53. The van der Waals surface area contributed by atoms with E-state index in [0.717, 1.165) is 68.7 Å². The molecule has 5 rings (SSSR count). The Morgan fingerprint density at radius 2 is 1.79 bits per heavy atom. The van der Waals surface area contributed by atoms with Crippen molar-refractivity contribution in [2.75, 3.05) is 53.1 Å². The van der Waals surface area contributed by atoms with E-state index < -0.39 is 0 Å². The van der Waals surface area contributed by atoms with Crippen molar-refractivity contribution in [3.8, 4) is 22.6 Å². The van der Waals surface area contributed by atoms with Crippen LogP contribution in [-0.2, 0) is 0 Å². The summed E-state index contributed by atoms with van der Waals surface area (Å²) in [6, 6.07) is 15.3. The highest BCUT2D eigenvalue weighted by atomic mass is 19.1. The number of allylic oxidation sites excluding steroid dienone is 3. The second kappa shape index (κ2) is 12.5. The Labute approximate surface area is 246 Å². The van der Waals surface area contributed by atoms with Crippen LogP contribution in [0, 0.1) is 5.82 Å². The van der Waals surface area contributed by atoms with Crippen LogP contribution in [0.4, 0.5) is 10.1 Å². The van der Waals surface area contributed by atoms with E-state index in [2.05, 4.69) is 72.2 Å². The summed E-state index contributed by atoms with van der Waals surface area (Å²) in [6.45, 7) is 8.41. The molecule has 0 aliphatic heterocycles. The van der Waals surface area contributed by atoms with E-state index in [1.807, 2.05) is 59.4 Å². The molecule has 8 heteroatoms. The minimum Gasteiger partial charge on any atom is -0.384 e. The monoisotopic (exact) mass is 563 g/mol. The number of halogens is 1. The van der Waals surface area contributed by atoms with Gasteiger partial charge < -0.3 is 20.1 Å². The van der Waals surface area contributed by atoms with E-state index in [4.69, 9.17) is 0 Å². The van der Waals surface area contributed by atoms with Gasteiger partial charge in [-0.2, -0.15) is 5.10 Å². The van der Waals surface area contributed by atoms with Crippen LogP contribution in [0.15, 0.2) is 85.1 Å². The number of pyridine rings is 1. The maximum Gasteiger partial charge on any atom is 0.125 e. The number of hydrogen-bond acceptors (Lipinski definition) is 5. The van der Waals surface area contributed by atoms with Crippen molar-refractivity contribution < 1.29 is 4.39 Å². The Kier molecular flexibility index (Phi) is 8.66. The summed E-state index contributed by atoms with van der Waals surface area (Å²) in [5.41, 5.74) is 9.04. The van der Waals surface area contributed by atoms with Crippen LogP contribution in [0.25, 0.3) is 50.0 Å².